The zero-order chi connectivity index (χ0) is 14.8. The number of hydrogen-bond donors (Lipinski definition) is 0. The van der Waals surface area contributed by atoms with Crippen LogP contribution in [-0.4, -0.2) is 6.17 Å². The van der Waals surface area contributed by atoms with Crippen molar-refractivity contribution in [2.75, 3.05) is 0 Å². The molecule has 0 nitrogen and oxygen atoms in total. The van der Waals surface area contributed by atoms with Crippen molar-refractivity contribution in [3.05, 3.63) is 35.4 Å². The van der Waals surface area contributed by atoms with Gasteiger partial charge in [0.25, 0.3) is 0 Å². The molecule has 3 atom stereocenters. The third-order valence-corrected chi connectivity index (χ3v) is 5.78. The van der Waals surface area contributed by atoms with Crippen LogP contribution in [0.15, 0.2) is 24.3 Å². The van der Waals surface area contributed by atoms with E-state index in [9.17, 15) is 4.39 Å². The lowest BCUT2D eigenvalue weighted by Crippen LogP contribution is -2.21. The van der Waals surface area contributed by atoms with Gasteiger partial charge in [-0.05, 0) is 66.9 Å². The van der Waals surface area contributed by atoms with Crippen LogP contribution in [0.4, 0.5) is 4.39 Å². The molecular formula is C20H29F. The molecule has 1 aromatic rings. The molecule has 0 amide bonds. The number of halogens is 1. The maximum absolute atomic E-state index is 13.8. The normalized spacial score (nSPS) is 37.4. The summed E-state index contributed by atoms with van der Waals surface area (Å²) in [6.07, 6.45) is 7.46. The SMILES string of the molecule is CC1CCC(c2ccc(C3CC(C)CC(F)C3)cc2)CC1. The van der Waals surface area contributed by atoms with Crippen LogP contribution >= 0.6 is 0 Å². The van der Waals surface area contributed by atoms with Crippen molar-refractivity contribution in [2.45, 2.75) is 76.8 Å². The van der Waals surface area contributed by atoms with Crippen LogP contribution < -0.4 is 0 Å². The van der Waals surface area contributed by atoms with Gasteiger partial charge < -0.3 is 0 Å². The summed E-state index contributed by atoms with van der Waals surface area (Å²) in [4.78, 5) is 0. The van der Waals surface area contributed by atoms with Gasteiger partial charge in [-0.2, -0.15) is 0 Å². The van der Waals surface area contributed by atoms with Gasteiger partial charge in [-0.3, -0.25) is 0 Å². The Kier molecular flexibility index (Phi) is 4.66. The smallest absolute Gasteiger partial charge is 0.101 e. The average molecular weight is 288 g/mol. The minimum absolute atomic E-state index is 0.434. The zero-order valence-electron chi connectivity index (χ0n) is 13.5. The molecule has 0 bridgehead atoms. The lowest BCUT2D eigenvalue weighted by molar-refractivity contribution is 0.188. The van der Waals surface area contributed by atoms with E-state index in [1.807, 2.05) is 0 Å². The first kappa shape index (κ1) is 15.1. The fraction of sp³-hybridized carbons (Fsp3) is 0.700. The van der Waals surface area contributed by atoms with Gasteiger partial charge in [-0.25, -0.2) is 4.39 Å². The van der Waals surface area contributed by atoms with Gasteiger partial charge in [0.15, 0.2) is 0 Å². The van der Waals surface area contributed by atoms with Gasteiger partial charge in [0, 0.05) is 0 Å². The van der Waals surface area contributed by atoms with Crippen LogP contribution in [0.3, 0.4) is 0 Å². The maximum atomic E-state index is 13.8. The first-order valence-electron chi connectivity index (χ1n) is 8.85. The Morgan fingerprint density at radius 1 is 0.714 bits per heavy atom. The Morgan fingerprint density at radius 2 is 1.29 bits per heavy atom. The van der Waals surface area contributed by atoms with Crippen molar-refractivity contribution in [3.8, 4) is 0 Å². The van der Waals surface area contributed by atoms with Crippen molar-refractivity contribution in [3.63, 3.8) is 0 Å². The summed E-state index contributed by atoms with van der Waals surface area (Å²) >= 11 is 0. The zero-order valence-corrected chi connectivity index (χ0v) is 13.5. The molecule has 0 aromatic heterocycles. The van der Waals surface area contributed by atoms with Gasteiger partial charge in [0.05, 0.1) is 0 Å². The second-order valence-electron chi connectivity index (χ2n) is 7.73. The lowest BCUT2D eigenvalue weighted by Gasteiger charge is -2.30. The summed E-state index contributed by atoms with van der Waals surface area (Å²) in [6, 6.07) is 9.20. The third kappa shape index (κ3) is 3.67. The minimum Gasteiger partial charge on any atom is -0.247 e. The highest BCUT2D eigenvalue weighted by Crippen LogP contribution is 2.39. The molecule has 0 spiro atoms. The van der Waals surface area contributed by atoms with E-state index in [1.54, 1.807) is 0 Å². The van der Waals surface area contributed by atoms with Crippen LogP contribution in [0.2, 0.25) is 0 Å². The Bertz CT molecular complexity index is 431. The Labute approximate surface area is 129 Å². The highest BCUT2D eigenvalue weighted by molar-refractivity contribution is 5.28. The van der Waals surface area contributed by atoms with E-state index < -0.39 is 6.17 Å². The second-order valence-corrected chi connectivity index (χ2v) is 7.73. The van der Waals surface area contributed by atoms with E-state index in [4.69, 9.17) is 0 Å². The van der Waals surface area contributed by atoms with E-state index in [-0.39, 0.29) is 0 Å². The molecule has 2 saturated carbocycles. The molecule has 3 unspecified atom stereocenters. The van der Waals surface area contributed by atoms with E-state index in [2.05, 4.69) is 38.1 Å². The number of alkyl halides is 1. The molecule has 0 saturated heterocycles. The number of rotatable bonds is 2. The first-order chi connectivity index (χ1) is 10.1. The Balaban J connectivity index is 1.66. The topological polar surface area (TPSA) is 0 Å². The molecule has 0 radical (unpaired) electrons. The number of hydrogen-bond acceptors (Lipinski definition) is 0. The largest absolute Gasteiger partial charge is 0.247 e. The quantitative estimate of drug-likeness (QED) is 0.606. The molecule has 0 N–H and O–H groups in total. The summed E-state index contributed by atoms with van der Waals surface area (Å²) in [5.74, 6) is 2.63. The molecule has 2 fully saturated rings. The fourth-order valence-electron chi connectivity index (χ4n) is 4.43. The molecule has 1 heteroatoms. The second kappa shape index (κ2) is 6.50. The predicted molar refractivity (Wildman–Crippen MR) is 87.5 cm³/mol. The molecule has 0 heterocycles. The summed E-state index contributed by atoms with van der Waals surface area (Å²) < 4.78 is 13.8. The number of benzene rings is 1. The van der Waals surface area contributed by atoms with E-state index >= 15 is 0 Å². The fourth-order valence-corrected chi connectivity index (χ4v) is 4.43. The van der Waals surface area contributed by atoms with E-state index in [0.717, 1.165) is 31.1 Å². The highest BCUT2D eigenvalue weighted by Gasteiger charge is 2.27. The molecule has 2 aliphatic carbocycles. The van der Waals surface area contributed by atoms with Gasteiger partial charge in [0.1, 0.15) is 6.17 Å². The summed E-state index contributed by atoms with van der Waals surface area (Å²) in [7, 11) is 0. The van der Waals surface area contributed by atoms with E-state index in [1.165, 1.54) is 36.8 Å². The van der Waals surface area contributed by atoms with Crippen molar-refractivity contribution in [1.82, 2.24) is 0 Å². The maximum Gasteiger partial charge on any atom is 0.101 e. The minimum atomic E-state index is -0.599. The molecule has 3 rings (SSSR count). The van der Waals surface area contributed by atoms with Crippen LogP contribution in [0.1, 0.15) is 81.8 Å². The van der Waals surface area contributed by atoms with Gasteiger partial charge >= 0.3 is 0 Å². The summed E-state index contributed by atoms with van der Waals surface area (Å²) in [5, 5.41) is 0. The van der Waals surface area contributed by atoms with Crippen LogP contribution in [0.5, 0.6) is 0 Å². The molecular weight excluding hydrogens is 259 g/mol. The van der Waals surface area contributed by atoms with Crippen LogP contribution in [-0.2, 0) is 0 Å². The van der Waals surface area contributed by atoms with Crippen LogP contribution in [0, 0.1) is 11.8 Å². The standard InChI is InChI=1S/C20H29F/c1-14-3-5-16(6-4-14)17-7-9-18(10-8-17)19-11-15(2)12-20(21)13-19/h7-10,14-16,19-20H,3-6,11-13H2,1-2H3. The van der Waals surface area contributed by atoms with Gasteiger partial charge in [-0.15, -0.1) is 0 Å². The Hall–Kier alpha value is -0.850. The molecule has 21 heavy (non-hydrogen) atoms. The highest BCUT2D eigenvalue weighted by atomic mass is 19.1. The molecule has 1 aromatic carbocycles. The van der Waals surface area contributed by atoms with Crippen LogP contribution in [0.25, 0.3) is 0 Å². The van der Waals surface area contributed by atoms with E-state index in [0.29, 0.717) is 11.8 Å². The van der Waals surface area contributed by atoms with Crippen molar-refractivity contribution in [1.29, 1.82) is 0 Å². The van der Waals surface area contributed by atoms with Gasteiger partial charge in [-0.1, -0.05) is 51.0 Å². The lowest BCUT2D eigenvalue weighted by atomic mass is 9.76. The monoisotopic (exact) mass is 288 g/mol. The average Bonchev–Trinajstić information content (AvgIpc) is 2.47. The third-order valence-electron chi connectivity index (χ3n) is 5.78. The van der Waals surface area contributed by atoms with Crippen molar-refractivity contribution in [2.24, 2.45) is 11.8 Å². The molecule has 2 aliphatic rings. The van der Waals surface area contributed by atoms with Crippen molar-refractivity contribution < 1.29 is 4.39 Å². The molecule has 0 aliphatic heterocycles. The van der Waals surface area contributed by atoms with Gasteiger partial charge in [0.2, 0.25) is 0 Å². The van der Waals surface area contributed by atoms with Crippen molar-refractivity contribution >= 4 is 0 Å². The molecule has 116 valence electrons. The summed E-state index contributed by atoms with van der Waals surface area (Å²) in [5.41, 5.74) is 2.86. The summed E-state index contributed by atoms with van der Waals surface area (Å²) in [6.45, 7) is 4.56. The first-order valence-corrected chi connectivity index (χ1v) is 8.85. The Morgan fingerprint density at radius 3 is 1.86 bits per heavy atom. The predicted octanol–water partition coefficient (Wildman–Crippen LogP) is 6.22.